The molecule has 0 saturated carbocycles. The largest absolute Gasteiger partial charge is 0.339 e. The van der Waals surface area contributed by atoms with Gasteiger partial charge in [0.25, 0.3) is 0 Å². The van der Waals surface area contributed by atoms with Gasteiger partial charge in [0.15, 0.2) is 5.82 Å². The van der Waals surface area contributed by atoms with Crippen molar-refractivity contribution in [1.82, 2.24) is 20.0 Å². The van der Waals surface area contributed by atoms with E-state index in [4.69, 9.17) is 4.52 Å². The van der Waals surface area contributed by atoms with Crippen LogP contribution in [-0.4, -0.2) is 44.9 Å². The molecule has 3 rings (SSSR count). The summed E-state index contributed by atoms with van der Waals surface area (Å²) in [5.74, 6) is 2.32. The predicted octanol–water partition coefficient (Wildman–Crippen LogP) is 3.30. The van der Waals surface area contributed by atoms with Gasteiger partial charge in [-0.2, -0.15) is 4.98 Å². The van der Waals surface area contributed by atoms with Crippen LogP contribution in [0.3, 0.4) is 0 Å². The highest BCUT2D eigenvalue weighted by atomic mass is 32.2. The number of hydrogen-bond acceptors (Lipinski definition) is 6. The van der Waals surface area contributed by atoms with Crippen molar-refractivity contribution in [3.63, 3.8) is 0 Å². The van der Waals surface area contributed by atoms with E-state index in [0.29, 0.717) is 23.9 Å². The number of pyridine rings is 1. The predicted molar refractivity (Wildman–Crippen MR) is 92.2 cm³/mol. The molecule has 1 atom stereocenters. The molecular formula is C16H21N5O2S. The molecule has 1 unspecified atom stereocenters. The van der Waals surface area contributed by atoms with Gasteiger partial charge in [-0.1, -0.05) is 12.1 Å². The van der Waals surface area contributed by atoms with Crippen LogP contribution in [0.5, 0.6) is 0 Å². The van der Waals surface area contributed by atoms with E-state index in [0.717, 1.165) is 30.2 Å². The number of rotatable bonds is 4. The lowest BCUT2D eigenvalue weighted by Gasteiger charge is -2.31. The zero-order valence-electron chi connectivity index (χ0n) is 13.9. The van der Waals surface area contributed by atoms with Crippen molar-refractivity contribution in [2.75, 3.05) is 24.2 Å². The van der Waals surface area contributed by atoms with E-state index < -0.39 is 0 Å². The van der Waals surface area contributed by atoms with Crippen LogP contribution in [0.4, 0.5) is 10.5 Å². The Morgan fingerprint density at radius 2 is 2.38 bits per heavy atom. The summed E-state index contributed by atoms with van der Waals surface area (Å²) in [5.41, 5.74) is 0.705. The van der Waals surface area contributed by atoms with Crippen LogP contribution in [-0.2, 0) is 0 Å². The van der Waals surface area contributed by atoms with Gasteiger partial charge < -0.3 is 14.7 Å². The number of hydrogen-bond donors (Lipinski definition) is 1. The second-order valence-electron chi connectivity index (χ2n) is 5.71. The van der Waals surface area contributed by atoms with Crippen LogP contribution >= 0.6 is 11.8 Å². The first kappa shape index (κ1) is 16.8. The molecule has 1 fully saturated rings. The fraction of sp³-hybridized carbons (Fsp3) is 0.500. The Labute approximate surface area is 145 Å². The Bertz CT molecular complexity index is 688. The summed E-state index contributed by atoms with van der Waals surface area (Å²) in [4.78, 5) is 22.9. The number of thioether (sulfide) groups is 1. The summed E-state index contributed by atoms with van der Waals surface area (Å²) < 4.78 is 5.25. The molecule has 0 aromatic carbocycles. The molecule has 1 N–H and O–H groups in total. The zero-order chi connectivity index (χ0) is 16.9. The maximum atomic E-state index is 12.5. The Kier molecular flexibility index (Phi) is 5.34. The van der Waals surface area contributed by atoms with E-state index in [1.807, 2.05) is 12.1 Å². The van der Waals surface area contributed by atoms with Crippen molar-refractivity contribution in [2.45, 2.75) is 37.6 Å². The van der Waals surface area contributed by atoms with E-state index in [9.17, 15) is 4.79 Å². The highest BCUT2D eigenvalue weighted by Crippen LogP contribution is 2.26. The normalized spacial score (nSPS) is 17.8. The number of anilines is 1. The summed E-state index contributed by atoms with van der Waals surface area (Å²) in [6.45, 7) is 5.20. The number of amides is 2. The first-order valence-electron chi connectivity index (χ1n) is 8.10. The number of aryl methyl sites for hydroxylation is 1. The van der Waals surface area contributed by atoms with E-state index in [1.165, 1.54) is 0 Å². The van der Waals surface area contributed by atoms with Gasteiger partial charge in [-0.3, -0.25) is 0 Å². The smallest absolute Gasteiger partial charge is 0.321 e. The molecule has 0 spiro atoms. The second kappa shape index (κ2) is 7.65. The minimum Gasteiger partial charge on any atom is -0.339 e. The van der Waals surface area contributed by atoms with Gasteiger partial charge in [-0.25, -0.2) is 9.78 Å². The van der Waals surface area contributed by atoms with Crippen LogP contribution in [0.15, 0.2) is 27.9 Å². The molecule has 1 aliphatic heterocycles. The van der Waals surface area contributed by atoms with Gasteiger partial charge in [0.1, 0.15) is 0 Å². The number of likely N-dealkylation sites (tertiary alicyclic amines) is 1. The molecule has 1 saturated heterocycles. The molecule has 24 heavy (non-hydrogen) atoms. The lowest BCUT2D eigenvalue weighted by Crippen LogP contribution is -2.41. The van der Waals surface area contributed by atoms with Crippen molar-refractivity contribution < 1.29 is 9.32 Å². The molecule has 8 heteroatoms. The SMILES string of the molecule is CCSc1ccc(NC(=O)N2CCCC(c3nc(C)no3)C2)cn1. The fourth-order valence-electron chi connectivity index (χ4n) is 2.73. The molecule has 2 aromatic heterocycles. The van der Waals surface area contributed by atoms with E-state index in [1.54, 1.807) is 29.8 Å². The van der Waals surface area contributed by atoms with Gasteiger partial charge in [0.2, 0.25) is 5.89 Å². The third-order valence-corrected chi connectivity index (χ3v) is 4.71. The van der Waals surface area contributed by atoms with Gasteiger partial charge >= 0.3 is 6.03 Å². The zero-order valence-corrected chi connectivity index (χ0v) is 14.7. The summed E-state index contributed by atoms with van der Waals surface area (Å²) in [6.07, 6.45) is 3.57. The fourth-order valence-corrected chi connectivity index (χ4v) is 3.32. The molecule has 3 heterocycles. The molecule has 0 aliphatic carbocycles. The van der Waals surface area contributed by atoms with E-state index in [2.05, 4.69) is 27.4 Å². The number of carbonyl (C=O) groups excluding carboxylic acids is 1. The van der Waals surface area contributed by atoms with Crippen LogP contribution in [0.25, 0.3) is 0 Å². The molecule has 2 amide bonds. The summed E-state index contributed by atoms with van der Waals surface area (Å²) in [5, 5.41) is 7.70. The molecule has 128 valence electrons. The maximum absolute atomic E-state index is 12.5. The van der Waals surface area contributed by atoms with Gasteiger partial charge in [0.05, 0.1) is 22.8 Å². The van der Waals surface area contributed by atoms with Gasteiger partial charge in [0, 0.05) is 13.1 Å². The Balaban J connectivity index is 1.59. The minimum atomic E-state index is -0.117. The number of aromatic nitrogens is 3. The topological polar surface area (TPSA) is 84.2 Å². The number of carbonyl (C=O) groups is 1. The minimum absolute atomic E-state index is 0.104. The number of nitrogens with zero attached hydrogens (tertiary/aromatic N) is 4. The third-order valence-electron chi connectivity index (χ3n) is 3.88. The second-order valence-corrected chi connectivity index (χ2v) is 7.00. The number of urea groups is 1. The first-order chi connectivity index (χ1) is 11.7. The maximum Gasteiger partial charge on any atom is 0.321 e. The quantitative estimate of drug-likeness (QED) is 0.854. The Morgan fingerprint density at radius 3 is 3.04 bits per heavy atom. The van der Waals surface area contributed by atoms with E-state index >= 15 is 0 Å². The highest BCUT2D eigenvalue weighted by Gasteiger charge is 2.28. The number of nitrogens with one attached hydrogen (secondary N) is 1. The first-order valence-corrected chi connectivity index (χ1v) is 9.09. The van der Waals surface area contributed by atoms with Gasteiger partial charge in [-0.05, 0) is 37.7 Å². The third kappa shape index (κ3) is 4.05. The van der Waals surface area contributed by atoms with Crippen LogP contribution < -0.4 is 5.32 Å². The number of piperidine rings is 1. The van der Waals surface area contributed by atoms with Crippen molar-refractivity contribution in [2.24, 2.45) is 0 Å². The molecule has 0 bridgehead atoms. The standard InChI is InChI=1S/C16H21N5O2S/c1-3-24-14-7-6-13(9-17-14)19-16(22)21-8-4-5-12(10-21)15-18-11(2)20-23-15/h6-7,9,12H,3-5,8,10H2,1-2H3,(H,19,22). The summed E-state index contributed by atoms with van der Waals surface area (Å²) in [6, 6.07) is 3.68. The van der Waals surface area contributed by atoms with E-state index in [-0.39, 0.29) is 11.9 Å². The molecule has 1 aliphatic rings. The van der Waals surface area contributed by atoms with Crippen molar-refractivity contribution in [1.29, 1.82) is 0 Å². The summed E-state index contributed by atoms with van der Waals surface area (Å²) >= 11 is 1.67. The average Bonchev–Trinajstić information content (AvgIpc) is 3.03. The highest BCUT2D eigenvalue weighted by molar-refractivity contribution is 7.99. The molecule has 0 radical (unpaired) electrons. The molecule has 7 nitrogen and oxygen atoms in total. The molecule has 2 aromatic rings. The molecular weight excluding hydrogens is 326 g/mol. The van der Waals surface area contributed by atoms with Crippen molar-refractivity contribution in [3.05, 3.63) is 30.0 Å². The summed E-state index contributed by atoms with van der Waals surface area (Å²) in [7, 11) is 0. The lowest BCUT2D eigenvalue weighted by atomic mass is 9.98. The monoisotopic (exact) mass is 347 g/mol. The van der Waals surface area contributed by atoms with Crippen molar-refractivity contribution in [3.8, 4) is 0 Å². The van der Waals surface area contributed by atoms with Crippen LogP contribution in [0.2, 0.25) is 0 Å². The Hall–Kier alpha value is -2.09. The van der Waals surface area contributed by atoms with Crippen LogP contribution in [0, 0.1) is 6.92 Å². The van der Waals surface area contributed by atoms with Crippen LogP contribution in [0.1, 0.15) is 37.4 Å². The van der Waals surface area contributed by atoms with Gasteiger partial charge in [-0.15, -0.1) is 11.8 Å². The lowest BCUT2D eigenvalue weighted by molar-refractivity contribution is 0.184. The van der Waals surface area contributed by atoms with Crippen molar-refractivity contribution >= 4 is 23.5 Å². The average molecular weight is 347 g/mol. The Morgan fingerprint density at radius 1 is 1.50 bits per heavy atom.